The summed E-state index contributed by atoms with van der Waals surface area (Å²) in [4.78, 5) is 15.2. The third kappa shape index (κ3) is 4.37. The van der Waals surface area contributed by atoms with Crippen LogP contribution in [0.2, 0.25) is 0 Å². The van der Waals surface area contributed by atoms with Crippen LogP contribution in [0.4, 0.5) is 11.4 Å². The number of nitro groups is 1. The number of aromatic nitrogens is 2. The van der Waals surface area contributed by atoms with Crippen LogP contribution in [-0.4, -0.2) is 36.3 Å². The second kappa shape index (κ2) is 7.92. The van der Waals surface area contributed by atoms with Crippen molar-refractivity contribution >= 4 is 21.2 Å². The Bertz CT molecular complexity index is 1160. The number of nitrogens with one attached hydrogen (secondary N) is 1. The molecule has 0 aliphatic rings. The molecule has 3 aromatic rings. The summed E-state index contributed by atoms with van der Waals surface area (Å²) in [7, 11) is -0.210. The van der Waals surface area contributed by atoms with Crippen molar-refractivity contribution in [1.82, 2.24) is 9.55 Å². The smallest absolute Gasteiger partial charge is 0.293 e. The molecule has 0 bridgehead atoms. The topological polar surface area (TPSA) is 116 Å². The first kappa shape index (κ1) is 20.3. The quantitative estimate of drug-likeness (QED) is 0.465. The Morgan fingerprint density at radius 2 is 2.00 bits per heavy atom. The van der Waals surface area contributed by atoms with Crippen LogP contribution in [0.1, 0.15) is 17.4 Å². The van der Waals surface area contributed by atoms with Crippen molar-refractivity contribution in [3.63, 3.8) is 0 Å². The third-order valence-corrected chi connectivity index (χ3v) is 5.55. The van der Waals surface area contributed by atoms with Crippen LogP contribution in [0.15, 0.2) is 59.8 Å². The normalized spacial score (nSPS) is 12.4. The molecule has 1 atom stereocenters. The van der Waals surface area contributed by atoms with E-state index < -0.39 is 20.8 Å². The zero-order valence-corrected chi connectivity index (χ0v) is 16.9. The van der Waals surface area contributed by atoms with Gasteiger partial charge in [0.2, 0.25) is 0 Å². The van der Waals surface area contributed by atoms with Crippen molar-refractivity contribution in [2.24, 2.45) is 7.05 Å². The fourth-order valence-electron chi connectivity index (χ4n) is 2.94. The van der Waals surface area contributed by atoms with Crippen molar-refractivity contribution in [3.05, 3.63) is 76.4 Å². The van der Waals surface area contributed by atoms with Crippen molar-refractivity contribution in [1.29, 1.82) is 0 Å². The summed E-state index contributed by atoms with van der Waals surface area (Å²) >= 11 is 0. The van der Waals surface area contributed by atoms with Crippen LogP contribution in [0, 0.1) is 10.1 Å². The molecule has 1 N–H and O–H groups in total. The molecule has 0 aliphatic carbocycles. The summed E-state index contributed by atoms with van der Waals surface area (Å²) in [6, 6.07) is 10.5. The molecule has 0 amide bonds. The molecule has 10 heteroatoms. The Labute approximate surface area is 168 Å². The minimum absolute atomic E-state index is 0.121. The van der Waals surface area contributed by atoms with E-state index in [-0.39, 0.29) is 16.3 Å². The number of rotatable bonds is 7. The Balaban J connectivity index is 2.11. The Kier molecular flexibility index (Phi) is 5.55. The van der Waals surface area contributed by atoms with E-state index in [9.17, 15) is 18.5 Å². The van der Waals surface area contributed by atoms with Gasteiger partial charge in [0.25, 0.3) is 5.69 Å². The number of anilines is 1. The molecule has 0 saturated carbocycles. The maximum Gasteiger partial charge on any atom is 0.293 e. The lowest BCUT2D eigenvalue weighted by Crippen LogP contribution is -2.17. The number of nitro benzene ring substituents is 1. The maximum atomic E-state index is 11.8. The Morgan fingerprint density at radius 3 is 2.59 bits per heavy atom. The van der Waals surface area contributed by atoms with Crippen LogP contribution < -0.4 is 10.1 Å². The first-order valence-electron chi connectivity index (χ1n) is 8.57. The van der Waals surface area contributed by atoms with Crippen molar-refractivity contribution in [3.8, 4) is 5.75 Å². The summed E-state index contributed by atoms with van der Waals surface area (Å²) in [6.45, 7) is 0. The van der Waals surface area contributed by atoms with E-state index in [0.29, 0.717) is 11.6 Å². The number of imidazole rings is 1. The number of methoxy groups -OCH3 is 1. The van der Waals surface area contributed by atoms with Crippen LogP contribution in [0.5, 0.6) is 5.75 Å². The van der Waals surface area contributed by atoms with Gasteiger partial charge in [-0.1, -0.05) is 12.1 Å². The first-order chi connectivity index (χ1) is 13.7. The summed E-state index contributed by atoms with van der Waals surface area (Å²) < 4.78 is 30.7. The summed E-state index contributed by atoms with van der Waals surface area (Å²) in [6.07, 6.45) is 4.41. The molecular weight excluding hydrogens is 396 g/mol. The minimum atomic E-state index is -3.58. The molecule has 0 fully saturated rings. The van der Waals surface area contributed by atoms with E-state index in [4.69, 9.17) is 4.74 Å². The zero-order valence-electron chi connectivity index (χ0n) is 16.1. The molecular formula is C19H20N4O5S. The average Bonchev–Trinajstić information content (AvgIpc) is 3.10. The van der Waals surface area contributed by atoms with E-state index in [1.165, 1.54) is 12.1 Å². The van der Waals surface area contributed by atoms with Gasteiger partial charge in [0.1, 0.15) is 23.3 Å². The lowest BCUT2D eigenvalue weighted by atomic mass is 10.0. The molecule has 29 heavy (non-hydrogen) atoms. The number of nitrogens with zero attached hydrogens (tertiary/aromatic N) is 3. The predicted octanol–water partition coefficient (Wildman–Crippen LogP) is 2.94. The van der Waals surface area contributed by atoms with E-state index in [1.807, 2.05) is 25.2 Å². The average molecular weight is 416 g/mol. The lowest BCUT2D eigenvalue weighted by Gasteiger charge is -2.21. The fourth-order valence-corrected chi connectivity index (χ4v) is 3.58. The second-order valence-electron chi connectivity index (χ2n) is 6.46. The Hall–Kier alpha value is -3.40. The third-order valence-electron chi connectivity index (χ3n) is 4.44. The summed E-state index contributed by atoms with van der Waals surface area (Å²) in [5.74, 6) is 1.25. The van der Waals surface area contributed by atoms with Gasteiger partial charge in [-0.15, -0.1) is 0 Å². The highest BCUT2D eigenvalue weighted by Crippen LogP contribution is 2.33. The van der Waals surface area contributed by atoms with Crippen LogP contribution in [-0.2, 0) is 16.9 Å². The van der Waals surface area contributed by atoms with Gasteiger partial charge >= 0.3 is 0 Å². The highest BCUT2D eigenvalue weighted by Gasteiger charge is 2.24. The summed E-state index contributed by atoms with van der Waals surface area (Å²) in [5.41, 5.74) is 0.619. The predicted molar refractivity (Wildman–Crippen MR) is 108 cm³/mol. The molecule has 1 heterocycles. The maximum absolute atomic E-state index is 11.8. The van der Waals surface area contributed by atoms with E-state index >= 15 is 0 Å². The fraction of sp³-hybridized carbons (Fsp3) is 0.211. The molecule has 0 aliphatic heterocycles. The van der Waals surface area contributed by atoms with Crippen LogP contribution in [0.25, 0.3) is 0 Å². The highest BCUT2D eigenvalue weighted by atomic mass is 32.2. The number of ether oxygens (including phenoxy) is 1. The van der Waals surface area contributed by atoms with E-state index in [0.717, 1.165) is 17.9 Å². The molecule has 1 aromatic heterocycles. The lowest BCUT2D eigenvalue weighted by molar-refractivity contribution is -0.384. The van der Waals surface area contributed by atoms with Crippen molar-refractivity contribution in [2.45, 2.75) is 10.9 Å². The van der Waals surface area contributed by atoms with Crippen LogP contribution in [0.3, 0.4) is 0 Å². The number of hydrogen-bond acceptors (Lipinski definition) is 7. The van der Waals surface area contributed by atoms with Gasteiger partial charge in [0, 0.05) is 31.8 Å². The van der Waals surface area contributed by atoms with Crippen molar-refractivity contribution in [2.75, 3.05) is 18.7 Å². The SMILES string of the molecule is COc1cccc(C(Nc2ccc(S(C)(=O)=O)cc2[N+](=O)[O-])c2nccn2C)c1. The monoisotopic (exact) mass is 416 g/mol. The summed E-state index contributed by atoms with van der Waals surface area (Å²) in [5, 5.41) is 14.7. The van der Waals surface area contributed by atoms with Gasteiger partial charge in [-0.05, 0) is 29.8 Å². The molecule has 1 unspecified atom stereocenters. The molecule has 3 rings (SSSR count). The highest BCUT2D eigenvalue weighted by molar-refractivity contribution is 7.90. The van der Waals surface area contributed by atoms with E-state index in [2.05, 4.69) is 10.3 Å². The second-order valence-corrected chi connectivity index (χ2v) is 8.47. The number of benzene rings is 2. The Morgan fingerprint density at radius 1 is 1.24 bits per heavy atom. The van der Waals surface area contributed by atoms with E-state index in [1.54, 1.807) is 30.1 Å². The van der Waals surface area contributed by atoms with Gasteiger partial charge in [0.15, 0.2) is 9.84 Å². The van der Waals surface area contributed by atoms with Gasteiger partial charge in [-0.3, -0.25) is 10.1 Å². The molecule has 0 radical (unpaired) electrons. The largest absolute Gasteiger partial charge is 0.497 e. The molecule has 152 valence electrons. The zero-order chi connectivity index (χ0) is 21.2. The van der Waals surface area contributed by atoms with Crippen molar-refractivity contribution < 1.29 is 18.1 Å². The van der Waals surface area contributed by atoms with Gasteiger partial charge in [-0.25, -0.2) is 13.4 Å². The van der Waals surface area contributed by atoms with Gasteiger partial charge < -0.3 is 14.6 Å². The molecule has 0 saturated heterocycles. The molecule has 0 spiro atoms. The van der Waals surface area contributed by atoms with Gasteiger partial charge in [0.05, 0.1) is 16.9 Å². The number of sulfone groups is 1. The van der Waals surface area contributed by atoms with Gasteiger partial charge in [-0.2, -0.15) is 0 Å². The number of hydrogen-bond donors (Lipinski definition) is 1. The number of aryl methyl sites for hydroxylation is 1. The van der Waals surface area contributed by atoms with Crippen LogP contribution >= 0.6 is 0 Å². The molecule has 2 aromatic carbocycles. The molecule has 9 nitrogen and oxygen atoms in total. The first-order valence-corrected chi connectivity index (χ1v) is 10.5. The minimum Gasteiger partial charge on any atom is -0.497 e. The standard InChI is InChI=1S/C19H20N4O5S/c1-22-10-9-20-19(22)18(13-5-4-6-14(11-13)28-2)21-16-8-7-15(29(3,26)27)12-17(16)23(24)25/h4-12,18,21H,1-3H3.